The lowest BCUT2D eigenvalue weighted by molar-refractivity contribution is -0.228. The average molecular weight is 653 g/mol. The number of nitrogens with one attached hydrogen (secondary N) is 2. The first kappa shape index (κ1) is 39.5. The lowest BCUT2D eigenvalue weighted by atomic mass is 10.1. The van der Waals surface area contributed by atoms with Gasteiger partial charge in [0.05, 0.1) is 34.4 Å². The number of rotatable bonds is 21. The number of hydrogen-bond donors (Lipinski definition) is 2. The van der Waals surface area contributed by atoms with Crippen molar-refractivity contribution >= 4 is 33.6 Å². The van der Waals surface area contributed by atoms with E-state index >= 15 is 0 Å². The van der Waals surface area contributed by atoms with E-state index in [9.17, 15) is 0 Å². The molecular weight excluding hydrogens is 589 g/mol. The Labute approximate surface area is 278 Å². The van der Waals surface area contributed by atoms with Crippen LogP contribution in [-0.2, 0) is 9.68 Å². The van der Waals surface area contributed by atoms with E-state index in [1.807, 2.05) is 33.7 Å². The van der Waals surface area contributed by atoms with Crippen LogP contribution in [0.2, 0.25) is 0 Å². The van der Waals surface area contributed by atoms with Crippen LogP contribution in [0.1, 0.15) is 108 Å². The predicted octanol–water partition coefficient (Wildman–Crippen LogP) is 7.44. The maximum absolute atomic E-state index is 5.97. The Bertz CT molecular complexity index is 889. The molecule has 0 bridgehead atoms. The summed E-state index contributed by atoms with van der Waals surface area (Å²) in [5.74, 6) is 2.10. The molecule has 0 spiro atoms. The van der Waals surface area contributed by atoms with Crippen LogP contribution in [0, 0.1) is 0 Å². The molecule has 0 saturated carbocycles. The number of hydroxylamine groups is 4. The number of thioether (sulfide) groups is 2. The molecule has 0 radical (unpaired) electrons. The largest absolute Gasteiger partial charge is 0.314 e. The molecule has 2 rings (SSSR count). The minimum Gasteiger partial charge on any atom is -0.314 e. The Morgan fingerprint density at radius 1 is 0.682 bits per heavy atom. The van der Waals surface area contributed by atoms with Crippen molar-refractivity contribution in [1.29, 1.82) is 0 Å². The minimum absolute atomic E-state index is 0.234. The number of nitrogens with zero attached hydrogens (tertiary/aromatic N) is 4. The Hall–Kier alpha value is -0.720. The lowest BCUT2D eigenvalue weighted by Crippen LogP contribution is -2.51. The summed E-state index contributed by atoms with van der Waals surface area (Å²) in [6.07, 6.45) is 10.8. The van der Waals surface area contributed by atoms with Crippen LogP contribution >= 0.6 is 23.5 Å². The zero-order valence-corrected chi connectivity index (χ0v) is 31.3. The van der Waals surface area contributed by atoms with Gasteiger partial charge in [0.2, 0.25) is 0 Å². The van der Waals surface area contributed by atoms with Gasteiger partial charge < -0.3 is 10.6 Å². The molecule has 254 valence electrons. The maximum atomic E-state index is 5.97. The van der Waals surface area contributed by atoms with Crippen LogP contribution in [0.15, 0.2) is 35.3 Å². The first-order valence-electron chi connectivity index (χ1n) is 16.6. The third kappa shape index (κ3) is 11.5. The van der Waals surface area contributed by atoms with Crippen LogP contribution in [-0.4, -0.2) is 92.5 Å². The molecule has 0 aromatic carbocycles. The monoisotopic (exact) mass is 652 g/mol. The molecule has 8 nitrogen and oxygen atoms in total. The molecule has 0 aromatic heterocycles. The molecule has 0 saturated heterocycles. The molecule has 44 heavy (non-hydrogen) atoms. The summed E-state index contributed by atoms with van der Waals surface area (Å²) in [6, 6.07) is 1.01. The van der Waals surface area contributed by atoms with Crippen LogP contribution in [0.25, 0.3) is 0 Å². The van der Waals surface area contributed by atoms with Crippen LogP contribution < -0.4 is 10.6 Å². The molecule has 0 aromatic rings. The SMILES string of the molecule is C=CCON1C(C)(C)N=C(SCCC(C)NCCCCCCNC(C)CCSC2=NC(C)(C)N(OCC=C)C2(C)C)C1(C)C. The highest BCUT2D eigenvalue weighted by molar-refractivity contribution is 8.14. The fourth-order valence-corrected chi connectivity index (χ4v) is 8.66. The van der Waals surface area contributed by atoms with Crippen molar-refractivity contribution in [3.63, 3.8) is 0 Å². The van der Waals surface area contributed by atoms with Crippen LogP contribution in [0.5, 0.6) is 0 Å². The number of unbranched alkanes of at least 4 members (excludes halogenated alkanes) is 3. The Morgan fingerprint density at radius 3 is 1.39 bits per heavy atom. The lowest BCUT2D eigenvalue weighted by Gasteiger charge is -2.37. The number of aliphatic imine (C=N–C) groups is 2. The molecule has 10 heteroatoms. The molecule has 0 amide bonds. The predicted molar refractivity (Wildman–Crippen MR) is 195 cm³/mol. The third-order valence-corrected chi connectivity index (χ3v) is 10.7. The summed E-state index contributed by atoms with van der Waals surface area (Å²) >= 11 is 3.73. The molecule has 0 aliphatic carbocycles. The molecule has 2 heterocycles. The summed E-state index contributed by atoms with van der Waals surface area (Å²) in [7, 11) is 0. The van der Waals surface area contributed by atoms with E-state index < -0.39 is 0 Å². The van der Waals surface area contributed by atoms with Gasteiger partial charge in [-0.2, -0.15) is 0 Å². The minimum atomic E-state index is -0.365. The molecule has 2 aliphatic heterocycles. The van der Waals surface area contributed by atoms with E-state index in [2.05, 4.69) is 93.0 Å². The van der Waals surface area contributed by atoms with Crippen LogP contribution in [0.4, 0.5) is 0 Å². The van der Waals surface area contributed by atoms with Crippen molar-refractivity contribution in [3.05, 3.63) is 25.3 Å². The molecule has 2 aliphatic rings. The van der Waals surface area contributed by atoms with E-state index in [0.717, 1.165) is 47.5 Å². The van der Waals surface area contributed by atoms with Gasteiger partial charge in [0.1, 0.15) is 11.3 Å². The third-order valence-electron chi connectivity index (χ3n) is 8.12. The summed E-state index contributed by atoms with van der Waals surface area (Å²) in [6.45, 7) is 32.5. The van der Waals surface area contributed by atoms with Gasteiger partial charge in [0, 0.05) is 23.6 Å². The molecule has 0 fully saturated rings. The highest BCUT2D eigenvalue weighted by Crippen LogP contribution is 2.40. The van der Waals surface area contributed by atoms with Gasteiger partial charge in [-0.25, -0.2) is 0 Å². The van der Waals surface area contributed by atoms with Crippen molar-refractivity contribution in [2.75, 3.05) is 37.8 Å². The zero-order valence-electron chi connectivity index (χ0n) is 29.6. The van der Waals surface area contributed by atoms with Crippen molar-refractivity contribution in [2.24, 2.45) is 9.98 Å². The summed E-state index contributed by atoms with van der Waals surface area (Å²) < 4.78 is 0. The van der Waals surface area contributed by atoms with Crippen molar-refractivity contribution in [3.8, 4) is 0 Å². The summed E-state index contributed by atoms with van der Waals surface area (Å²) in [5.41, 5.74) is -1.20. The van der Waals surface area contributed by atoms with Gasteiger partial charge in [-0.15, -0.1) is 46.8 Å². The van der Waals surface area contributed by atoms with E-state index in [1.54, 1.807) is 12.2 Å². The summed E-state index contributed by atoms with van der Waals surface area (Å²) in [4.78, 5) is 21.9. The topological polar surface area (TPSA) is 73.7 Å². The Kier molecular flexibility index (Phi) is 16.1. The Morgan fingerprint density at radius 2 is 1.05 bits per heavy atom. The fourth-order valence-electron chi connectivity index (χ4n) is 5.88. The van der Waals surface area contributed by atoms with Crippen molar-refractivity contribution in [2.45, 2.75) is 142 Å². The second-order valence-electron chi connectivity index (χ2n) is 14.1. The smallest absolute Gasteiger partial charge is 0.132 e. The quantitative estimate of drug-likeness (QED) is 0.0979. The van der Waals surface area contributed by atoms with Gasteiger partial charge in [0.25, 0.3) is 0 Å². The van der Waals surface area contributed by atoms with Gasteiger partial charge in [-0.1, -0.05) is 25.0 Å². The normalized spacial score (nSPS) is 22.0. The molecule has 2 N–H and O–H groups in total. The van der Waals surface area contributed by atoms with Crippen LogP contribution in [0.3, 0.4) is 0 Å². The van der Waals surface area contributed by atoms with E-state index in [4.69, 9.17) is 19.7 Å². The van der Waals surface area contributed by atoms with E-state index in [1.165, 1.54) is 25.7 Å². The maximum Gasteiger partial charge on any atom is 0.132 e. The zero-order chi connectivity index (χ0) is 33.0. The highest BCUT2D eigenvalue weighted by Gasteiger charge is 2.49. The first-order chi connectivity index (χ1) is 20.6. The fraction of sp³-hybridized carbons (Fsp3) is 0.824. The highest BCUT2D eigenvalue weighted by atomic mass is 32.2. The second-order valence-corrected chi connectivity index (χ2v) is 16.3. The molecule has 2 unspecified atom stereocenters. The van der Waals surface area contributed by atoms with E-state index in [-0.39, 0.29) is 22.4 Å². The Balaban J connectivity index is 1.52. The summed E-state index contributed by atoms with van der Waals surface area (Å²) in [5, 5.41) is 13.8. The average Bonchev–Trinajstić information content (AvgIpc) is 3.21. The van der Waals surface area contributed by atoms with Gasteiger partial charge in [-0.05, 0) is 108 Å². The standard InChI is InChI=1S/C34H64N6O2S2/c1-13-23-41-39-31(5,6)29(37-33(39,9)10)43-25-19-27(3)35-21-17-15-16-18-22-36-28(4)20-26-44-30-32(7,8)40(42-24-14-2)34(11,12)38-30/h13-14,27-28,35-36H,1-2,15-26H2,3-12H3. The van der Waals surface area contributed by atoms with Crippen molar-refractivity contribution < 1.29 is 9.68 Å². The van der Waals surface area contributed by atoms with Gasteiger partial charge in [-0.3, -0.25) is 19.7 Å². The van der Waals surface area contributed by atoms with Gasteiger partial charge >= 0.3 is 0 Å². The van der Waals surface area contributed by atoms with E-state index in [0.29, 0.717) is 25.3 Å². The molecular formula is C34H64N6O2S2. The van der Waals surface area contributed by atoms with Gasteiger partial charge in [0.15, 0.2) is 0 Å². The first-order valence-corrected chi connectivity index (χ1v) is 18.6. The number of hydrogen-bond acceptors (Lipinski definition) is 10. The van der Waals surface area contributed by atoms with Crippen molar-refractivity contribution in [1.82, 2.24) is 20.8 Å². The molecule has 2 atom stereocenters. The second kappa shape index (κ2) is 18.0.